The highest BCUT2D eigenvalue weighted by Gasteiger charge is 2.33. The lowest BCUT2D eigenvalue weighted by Crippen LogP contribution is -2.51. The Hall–Kier alpha value is -0.570. The Balaban J connectivity index is 2.70. The Morgan fingerprint density at radius 3 is 2.53 bits per heavy atom. The summed E-state index contributed by atoms with van der Waals surface area (Å²) < 4.78 is 5.09. The number of carbonyl (C=O) groups excluding carboxylic acids is 1. The third-order valence-electron chi connectivity index (χ3n) is 3.58. The van der Waals surface area contributed by atoms with Crippen molar-refractivity contribution < 1.29 is 9.53 Å². The van der Waals surface area contributed by atoms with E-state index in [2.05, 4.69) is 20.8 Å². The Morgan fingerprint density at radius 2 is 2.00 bits per heavy atom. The SMILES string of the molecule is COC(C)C(=O)N1CC(C)CC(C)C1C. The van der Waals surface area contributed by atoms with Gasteiger partial charge in [-0.2, -0.15) is 0 Å². The van der Waals surface area contributed by atoms with Gasteiger partial charge in [0.15, 0.2) is 0 Å². The van der Waals surface area contributed by atoms with Gasteiger partial charge in [-0.15, -0.1) is 0 Å². The van der Waals surface area contributed by atoms with Gasteiger partial charge in [-0.3, -0.25) is 4.79 Å². The van der Waals surface area contributed by atoms with Crippen LogP contribution in [0.4, 0.5) is 0 Å². The molecule has 1 rings (SSSR count). The molecule has 0 radical (unpaired) electrons. The Bertz CT molecular complexity index is 230. The second kappa shape index (κ2) is 4.97. The highest BCUT2D eigenvalue weighted by atomic mass is 16.5. The van der Waals surface area contributed by atoms with Crippen molar-refractivity contribution in [1.82, 2.24) is 4.90 Å². The van der Waals surface area contributed by atoms with Gasteiger partial charge in [-0.1, -0.05) is 13.8 Å². The summed E-state index contributed by atoms with van der Waals surface area (Å²) in [4.78, 5) is 14.0. The predicted octanol–water partition coefficient (Wildman–Crippen LogP) is 1.91. The highest BCUT2D eigenvalue weighted by molar-refractivity contribution is 5.81. The first-order valence-corrected chi connectivity index (χ1v) is 5.80. The quantitative estimate of drug-likeness (QED) is 0.701. The fourth-order valence-corrected chi connectivity index (χ4v) is 2.34. The van der Waals surface area contributed by atoms with Gasteiger partial charge in [0.2, 0.25) is 0 Å². The molecular formula is C12H23NO2. The van der Waals surface area contributed by atoms with Crippen LogP contribution < -0.4 is 0 Å². The minimum atomic E-state index is -0.315. The number of hydrogen-bond acceptors (Lipinski definition) is 2. The van der Waals surface area contributed by atoms with Crippen LogP contribution in [-0.2, 0) is 9.53 Å². The minimum Gasteiger partial charge on any atom is -0.372 e. The van der Waals surface area contributed by atoms with Crippen molar-refractivity contribution in [3.8, 4) is 0 Å². The van der Waals surface area contributed by atoms with Crippen molar-refractivity contribution in [2.75, 3.05) is 13.7 Å². The van der Waals surface area contributed by atoms with Crippen molar-refractivity contribution >= 4 is 5.91 Å². The van der Waals surface area contributed by atoms with Crippen LogP contribution in [0.1, 0.15) is 34.1 Å². The summed E-state index contributed by atoms with van der Waals surface area (Å²) >= 11 is 0. The first-order chi connectivity index (χ1) is 6.97. The van der Waals surface area contributed by atoms with Gasteiger partial charge in [-0.25, -0.2) is 0 Å². The van der Waals surface area contributed by atoms with E-state index in [1.54, 1.807) is 7.11 Å². The zero-order valence-electron chi connectivity index (χ0n) is 10.5. The molecule has 0 aliphatic carbocycles. The minimum absolute atomic E-state index is 0.128. The van der Waals surface area contributed by atoms with E-state index in [4.69, 9.17) is 4.74 Å². The number of likely N-dealkylation sites (tertiary alicyclic amines) is 1. The van der Waals surface area contributed by atoms with Crippen LogP contribution >= 0.6 is 0 Å². The molecule has 3 heteroatoms. The predicted molar refractivity (Wildman–Crippen MR) is 60.6 cm³/mol. The molecule has 0 N–H and O–H groups in total. The maximum Gasteiger partial charge on any atom is 0.251 e. The molecule has 0 saturated carbocycles. The van der Waals surface area contributed by atoms with Crippen LogP contribution in [0.3, 0.4) is 0 Å². The average molecular weight is 213 g/mol. The molecule has 0 aromatic heterocycles. The third-order valence-corrected chi connectivity index (χ3v) is 3.58. The van der Waals surface area contributed by atoms with E-state index >= 15 is 0 Å². The second-order valence-corrected chi connectivity index (χ2v) is 4.93. The fourth-order valence-electron chi connectivity index (χ4n) is 2.34. The van der Waals surface area contributed by atoms with Gasteiger partial charge in [0.05, 0.1) is 0 Å². The Kier molecular flexibility index (Phi) is 4.14. The van der Waals surface area contributed by atoms with Gasteiger partial charge in [-0.05, 0) is 32.1 Å². The fraction of sp³-hybridized carbons (Fsp3) is 0.917. The van der Waals surface area contributed by atoms with Crippen LogP contribution in [0.2, 0.25) is 0 Å². The number of methoxy groups -OCH3 is 1. The average Bonchev–Trinajstić information content (AvgIpc) is 2.21. The molecule has 15 heavy (non-hydrogen) atoms. The zero-order valence-corrected chi connectivity index (χ0v) is 10.5. The molecule has 1 amide bonds. The van der Waals surface area contributed by atoms with Crippen LogP contribution in [0, 0.1) is 11.8 Å². The molecule has 0 aromatic carbocycles. The second-order valence-electron chi connectivity index (χ2n) is 4.93. The topological polar surface area (TPSA) is 29.5 Å². The Labute approximate surface area is 92.8 Å². The molecule has 1 aliphatic rings. The van der Waals surface area contributed by atoms with Gasteiger partial charge in [0.25, 0.3) is 5.91 Å². The van der Waals surface area contributed by atoms with E-state index in [1.807, 2.05) is 11.8 Å². The van der Waals surface area contributed by atoms with Gasteiger partial charge < -0.3 is 9.64 Å². The first kappa shape index (κ1) is 12.5. The summed E-state index contributed by atoms with van der Waals surface area (Å²) in [5.74, 6) is 1.31. The zero-order chi connectivity index (χ0) is 11.6. The molecule has 0 aromatic rings. The van der Waals surface area contributed by atoms with Crippen LogP contribution in [0.25, 0.3) is 0 Å². The van der Waals surface area contributed by atoms with Gasteiger partial charge in [0.1, 0.15) is 6.10 Å². The van der Waals surface area contributed by atoms with E-state index < -0.39 is 0 Å². The van der Waals surface area contributed by atoms with E-state index in [9.17, 15) is 4.79 Å². The summed E-state index contributed by atoms with van der Waals surface area (Å²) in [7, 11) is 1.59. The van der Waals surface area contributed by atoms with Crippen molar-refractivity contribution in [3.63, 3.8) is 0 Å². The molecule has 0 bridgehead atoms. The van der Waals surface area contributed by atoms with Gasteiger partial charge in [0, 0.05) is 19.7 Å². The molecule has 1 heterocycles. The molecular weight excluding hydrogens is 190 g/mol. The Morgan fingerprint density at radius 1 is 1.40 bits per heavy atom. The molecule has 1 saturated heterocycles. The maximum absolute atomic E-state index is 12.0. The van der Waals surface area contributed by atoms with Crippen molar-refractivity contribution in [3.05, 3.63) is 0 Å². The number of ether oxygens (including phenoxy) is 1. The molecule has 1 fully saturated rings. The van der Waals surface area contributed by atoms with E-state index in [-0.39, 0.29) is 12.0 Å². The number of rotatable bonds is 2. The summed E-state index contributed by atoms with van der Waals surface area (Å²) in [5, 5.41) is 0. The van der Waals surface area contributed by atoms with Crippen LogP contribution in [0.15, 0.2) is 0 Å². The largest absolute Gasteiger partial charge is 0.372 e. The lowest BCUT2D eigenvalue weighted by molar-refractivity contribution is -0.146. The maximum atomic E-state index is 12.0. The molecule has 4 unspecified atom stereocenters. The smallest absolute Gasteiger partial charge is 0.251 e. The molecule has 4 atom stereocenters. The van der Waals surface area contributed by atoms with Crippen molar-refractivity contribution in [2.24, 2.45) is 11.8 Å². The standard InChI is InChI=1S/C12H23NO2/c1-8-6-9(2)10(3)13(7-8)12(14)11(4)15-5/h8-11H,6-7H2,1-5H3. The first-order valence-electron chi connectivity index (χ1n) is 5.80. The summed E-state index contributed by atoms with van der Waals surface area (Å²) in [6.07, 6.45) is 0.900. The van der Waals surface area contributed by atoms with E-state index in [1.165, 1.54) is 6.42 Å². The molecule has 88 valence electrons. The highest BCUT2D eigenvalue weighted by Crippen LogP contribution is 2.27. The summed E-state index contributed by atoms with van der Waals surface area (Å²) in [6.45, 7) is 9.26. The van der Waals surface area contributed by atoms with Crippen LogP contribution in [0.5, 0.6) is 0 Å². The van der Waals surface area contributed by atoms with E-state index in [0.29, 0.717) is 17.9 Å². The number of hydrogen-bond donors (Lipinski definition) is 0. The lowest BCUT2D eigenvalue weighted by atomic mass is 9.86. The monoisotopic (exact) mass is 213 g/mol. The third kappa shape index (κ3) is 2.71. The normalized spacial score (nSPS) is 33.9. The number of piperidine rings is 1. The number of amides is 1. The molecule has 0 spiro atoms. The van der Waals surface area contributed by atoms with Gasteiger partial charge >= 0.3 is 0 Å². The molecule has 3 nitrogen and oxygen atoms in total. The summed E-state index contributed by atoms with van der Waals surface area (Å²) in [5.41, 5.74) is 0. The van der Waals surface area contributed by atoms with E-state index in [0.717, 1.165) is 6.54 Å². The van der Waals surface area contributed by atoms with Crippen molar-refractivity contribution in [2.45, 2.75) is 46.3 Å². The molecule has 1 aliphatic heterocycles. The van der Waals surface area contributed by atoms with Crippen LogP contribution in [-0.4, -0.2) is 36.6 Å². The van der Waals surface area contributed by atoms with Crippen molar-refractivity contribution in [1.29, 1.82) is 0 Å². The number of nitrogens with zero attached hydrogens (tertiary/aromatic N) is 1. The lowest BCUT2D eigenvalue weighted by Gasteiger charge is -2.42. The summed E-state index contributed by atoms with van der Waals surface area (Å²) in [6, 6.07) is 0.339. The number of carbonyl (C=O) groups is 1.